The van der Waals surface area contributed by atoms with Crippen molar-refractivity contribution in [1.29, 1.82) is 0 Å². The topological polar surface area (TPSA) is 51.0 Å². The van der Waals surface area contributed by atoms with E-state index in [-0.39, 0.29) is 5.92 Å². The van der Waals surface area contributed by atoms with Crippen molar-refractivity contribution in [2.45, 2.75) is 19.8 Å². The predicted molar refractivity (Wildman–Crippen MR) is 65.2 cm³/mol. The van der Waals surface area contributed by atoms with Gasteiger partial charge in [-0.3, -0.25) is 0 Å². The molecule has 2 aromatic rings. The van der Waals surface area contributed by atoms with E-state index < -0.39 is 0 Å². The largest absolute Gasteiger partial charge is 0.363 e. The summed E-state index contributed by atoms with van der Waals surface area (Å²) in [6, 6.07) is 5.95. The molecule has 1 aromatic heterocycles. The van der Waals surface area contributed by atoms with E-state index in [1.165, 1.54) is 0 Å². The van der Waals surface area contributed by atoms with E-state index in [0.29, 0.717) is 0 Å². The van der Waals surface area contributed by atoms with Gasteiger partial charge in [0.15, 0.2) is 0 Å². The van der Waals surface area contributed by atoms with E-state index in [1.54, 1.807) is 0 Å². The lowest BCUT2D eigenvalue weighted by Gasteiger charge is -2.19. The van der Waals surface area contributed by atoms with Crippen LogP contribution in [0.2, 0.25) is 0 Å². The summed E-state index contributed by atoms with van der Waals surface area (Å²) in [6.07, 6.45) is 4.35. The van der Waals surface area contributed by atoms with E-state index >= 15 is 0 Å². The maximum atomic E-state index is 4.79. The minimum absolute atomic E-state index is 0.229. The fourth-order valence-corrected chi connectivity index (χ4v) is 2.26. The third-order valence-electron chi connectivity index (χ3n) is 2.93. The molecule has 1 aliphatic rings. The van der Waals surface area contributed by atoms with Crippen LogP contribution in [0.5, 0.6) is 0 Å². The number of hydrogen-bond donors (Lipinski definition) is 1. The van der Waals surface area contributed by atoms with Gasteiger partial charge in [-0.1, -0.05) is 24.3 Å². The second-order valence-electron chi connectivity index (χ2n) is 4.33. The number of hydrogen-bond acceptors (Lipinski definition) is 4. The smallest absolute Gasteiger partial charge is 0.139 e. The molecule has 1 N–H and O–H groups in total. The van der Waals surface area contributed by atoms with Crippen molar-refractivity contribution in [3.05, 3.63) is 47.3 Å². The van der Waals surface area contributed by atoms with Crippen LogP contribution in [0.3, 0.4) is 0 Å². The number of fused-ring (bicyclic) bond motifs is 1. The van der Waals surface area contributed by atoms with Crippen LogP contribution in [0.1, 0.15) is 25.3 Å². The Morgan fingerprint density at radius 2 is 1.88 bits per heavy atom. The van der Waals surface area contributed by atoms with E-state index in [2.05, 4.69) is 47.7 Å². The van der Waals surface area contributed by atoms with Crippen molar-refractivity contribution < 1.29 is 4.63 Å². The Morgan fingerprint density at radius 3 is 2.65 bits per heavy atom. The average Bonchev–Trinajstić information content (AvgIpc) is 2.75. The van der Waals surface area contributed by atoms with E-state index in [9.17, 15) is 0 Å². The normalized spacial score (nSPS) is 16.6. The molecule has 0 saturated carbocycles. The van der Waals surface area contributed by atoms with Gasteiger partial charge in [-0.2, -0.15) is 0 Å². The molecule has 0 fully saturated rings. The highest BCUT2D eigenvalue weighted by Gasteiger charge is 2.16. The number of aromatic nitrogens is 2. The van der Waals surface area contributed by atoms with Gasteiger partial charge in [-0.05, 0) is 35.8 Å². The molecule has 0 saturated heterocycles. The van der Waals surface area contributed by atoms with Crippen LogP contribution in [0.15, 0.2) is 46.4 Å². The lowest BCUT2D eigenvalue weighted by Crippen LogP contribution is -2.14. The Hall–Kier alpha value is -2.10. The highest BCUT2D eigenvalue weighted by atomic mass is 16.6. The number of nitrogens with zero attached hydrogens (tertiary/aromatic N) is 2. The first-order valence-corrected chi connectivity index (χ1v) is 5.59. The van der Waals surface area contributed by atoms with Crippen molar-refractivity contribution >= 4 is 11.0 Å². The zero-order valence-electron chi connectivity index (χ0n) is 9.77. The van der Waals surface area contributed by atoms with E-state index in [4.69, 9.17) is 4.63 Å². The quantitative estimate of drug-likeness (QED) is 0.813. The predicted octanol–water partition coefficient (Wildman–Crippen LogP) is 2.72. The molecular weight excluding hydrogens is 214 g/mol. The molecule has 4 nitrogen and oxygen atoms in total. The van der Waals surface area contributed by atoms with Gasteiger partial charge in [0.1, 0.15) is 11.0 Å². The molecule has 1 aliphatic heterocycles. The molecule has 86 valence electrons. The van der Waals surface area contributed by atoms with Crippen molar-refractivity contribution in [2.24, 2.45) is 0 Å². The number of benzene rings is 1. The van der Waals surface area contributed by atoms with Gasteiger partial charge >= 0.3 is 0 Å². The summed E-state index contributed by atoms with van der Waals surface area (Å²) in [4.78, 5) is 0. The van der Waals surface area contributed by atoms with Gasteiger partial charge < -0.3 is 5.32 Å². The fourth-order valence-electron chi connectivity index (χ4n) is 2.26. The van der Waals surface area contributed by atoms with E-state index in [0.717, 1.165) is 28.0 Å². The molecule has 0 radical (unpaired) electrons. The monoisotopic (exact) mass is 227 g/mol. The molecule has 3 rings (SSSR count). The zero-order valence-corrected chi connectivity index (χ0v) is 9.77. The van der Waals surface area contributed by atoms with Crippen LogP contribution in [-0.4, -0.2) is 10.3 Å². The highest BCUT2D eigenvalue weighted by Crippen LogP contribution is 2.29. The summed E-state index contributed by atoms with van der Waals surface area (Å²) in [5.74, 6) is 0.229. The minimum atomic E-state index is 0.229. The minimum Gasteiger partial charge on any atom is -0.363 e. The molecule has 0 aliphatic carbocycles. The molecule has 0 spiro atoms. The lowest BCUT2D eigenvalue weighted by molar-refractivity contribution is 0.315. The highest BCUT2D eigenvalue weighted by molar-refractivity contribution is 5.78. The third kappa shape index (κ3) is 1.71. The Morgan fingerprint density at radius 1 is 1.12 bits per heavy atom. The number of allylic oxidation sites excluding steroid dienone is 4. The Labute approximate surface area is 99.0 Å². The number of nitrogens with one attached hydrogen (secondary N) is 1. The maximum Gasteiger partial charge on any atom is 0.139 e. The molecule has 0 atom stereocenters. The second kappa shape index (κ2) is 3.73. The Bertz CT molecular complexity index is 606. The van der Waals surface area contributed by atoms with Crippen LogP contribution in [-0.2, 0) is 0 Å². The molecular formula is C13H13N3O. The standard InChI is InChI=1S/C13H13N3O/c1-8-6-10(7-9(2)14-8)11-4-3-5-12-13(11)16-17-15-12/h3-7,10,14H,1-2H3. The first-order valence-electron chi connectivity index (χ1n) is 5.59. The zero-order chi connectivity index (χ0) is 11.8. The van der Waals surface area contributed by atoms with Crippen molar-refractivity contribution in [3.63, 3.8) is 0 Å². The van der Waals surface area contributed by atoms with Crippen molar-refractivity contribution in [2.75, 3.05) is 0 Å². The van der Waals surface area contributed by atoms with Crippen LogP contribution in [0.25, 0.3) is 11.0 Å². The van der Waals surface area contributed by atoms with Crippen molar-refractivity contribution in [3.8, 4) is 0 Å². The first kappa shape index (κ1) is 10.1. The average molecular weight is 227 g/mol. The molecule has 17 heavy (non-hydrogen) atoms. The maximum absolute atomic E-state index is 4.79. The van der Waals surface area contributed by atoms with Gasteiger partial charge in [-0.15, -0.1) is 0 Å². The summed E-state index contributed by atoms with van der Waals surface area (Å²) in [5.41, 5.74) is 5.08. The van der Waals surface area contributed by atoms with Gasteiger partial charge in [0, 0.05) is 17.3 Å². The van der Waals surface area contributed by atoms with Gasteiger partial charge in [-0.25, -0.2) is 4.63 Å². The SMILES string of the molecule is CC1=CC(c2cccc3nonc23)C=C(C)N1. The molecule has 0 bridgehead atoms. The summed E-state index contributed by atoms with van der Waals surface area (Å²) < 4.78 is 4.79. The van der Waals surface area contributed by atoms with E-state index in [1.807, 2.05) is 12.1 Å². The summed E-state index contributed by atoms with van der Waals surface area (Å²) in [7, 11) is 0. The van der Waals surface area contributed by atoms with Crippen LogP contribution in [0.4, 0.5) is 0 Å². The van der Waals surface area contributed by atoms with Crippen molar-refractivity contribution in [1.82, 2.24) is 15.6 Å². The number of rotatable bonds is 1. The fraction of sp³-hybridized carbons (Fsp3) is 0.231. The lowest BCUT2D eigenvalue weighted by atomic mass is 9.94. The van der Waals surface area contributed by atoms with Gasteiger partial charge in [0.2, 0.25) is 0 Å². The molecule has 0 unspecified atom stereocenters. The van der Waals surface area contributed by atoms with Crippen LogP contribution in [0, 0.1) is 0 Å². The second-order valence-corrected chi connectivity index (χ2v) is 4.33. The summed E-state index contributed by atoms with van der Waals surface area (Å²) in [5, 5.41) is 11.1. The van der Waals surface area contributed by atoms with Crippen LogP contribution < -0.4 is 5.32 Å². The molecule has 2 heterocycles. The molecule has 1 aromatic carbocycles. The van der Waals surface area contributed by atoms with Gasteiger partial charge in [0.25, 0.3) is 0 Å². The third-order valence-corrected chi connectivity index (χ3v) is 2.93. The first-order chi connectivity index (χ1) is 8.24. The summed E-state index contributed by atoms with van der Waals surface area (Å²) >= 11 is 0. The Kier molecular flexibility index (Phi) is 2.21. The molecule has 4 heteroatoms. The number of dihydropyridines is 1. The molecule has 0 amide bonds. The van der Waals surface area contributed by atoms with Gasteiger partial charge in [0.05, 0.1) is 0 Å². The van der Waals surface area contributed by atoms with Crippen LogP contribution >= 0.6 is 0 Å². The Balaban J connectivity index is 2.15. The summed E-state index contributed by atoms with van der Waals surface area (Å²) in [6.45, 7) is 4.12.